The molecule has 0 saturated carbocycles. The fraction of sp³-hybridized carbons (Fsp3) is 0.375. The Morgan fingerprint density at radius 1 is 0.438 bits per heavy atom. The Hall–Kier alpha value is -6.50. The van der Waals surface area contributed by atoms with Crippen LogP contribution in [-0.4, -0.2) is 186 Å². The highest BCUT2D eigenvalue weighted by atomic mass is 16.7. The van der Waals surface area contributed by atoms with Crippen molar-refractivity contribution in [2.75, 3.05) is 19.8 Å². The van der Waals surface area contributed by atoms with Gasteiger partial charge in [-0.15, -0.1) is 0 Å². The number of aromatic hydroxyl groups is 5. The smallest absolute Gasteiger partial charge is 0.229 e. The second-order valence-electron chi connectivity index (χ2n) is 17.4. The first-order valence-corrected chi connectivity index (χ1v) is 22.2. The molecule has 0 amide bonds. The molecule has 15 atom stereocenters. The predicted octanol–water partition coefficient (Wildman–Crippen LogP) is -2.34. The molecule has 3 aliphatic heterocycles. The molecule has 17 N–H and O–H groups in total. The summed E-state index contributed by atoms with van der Waals surface area (Å²) >= 11 is 0. The lowest BCUT2D eigenvalue weighted by Crippen LogP contribution is -2.60. The lowest BCUT2D eigenvalue weighted by Gasteiger charge is -2.40. The summed E-state index contributed by atoms with van der Waals surface area (Å²) in [7, 11) is 0. The van der Waals surface area contributed by atoms with Gasteiger partial charge < -0.3 is 115 Å². The summed E-state index contributed by atoms with van der Waals surface area (Å²) in [6, 6.07) is 15.9. The summed E-state index contributed by atoms with van der Waals surface area (Å²) in [6.45, 7) is -2.07. The van der Waals surface area contributed by atoms with Crippen LogP contribution >= 0.6 is 0 Å². The first kappa shape index (κ1) is 52.8. The molecule has 3 aliphatic rings. The van der Waals surface area contributed by atoms with E-state index in [1.165, 1.54) is 48.5 Å². The van der Waals surface area contributed by atoms with E-state index in [9.17, 15) is 96.4 Å². The number of phenols is 5. The van der Waals surface area contributed by atoms with Crippen molar-refractivity contribution in [2.45, 2.75) is 91.7 Å². The van der Waals surface area contributed by atoms with Crippen LogP contribution in [0.2, 0.25) is 0 Å². The zero-order valence-corrected chi connectivity index (χ0v) is 37.6. The molecule has 4 aromatic carbocycles. The van der Waals surface area contributed by atoms with Crippen molar-refractivity contribution < 1.29 is 115 Å². The van der Waals surface area contributed by atoms with Crippen LogP contribution in [0.5, 0.6) is 34.5 Å². The normalized spacial score (nSPS) is 30.4. The predicted molar refractivity (Wildman–Crippen MR) is 244 cm³/mol. The maximum absolute atomic E-state index is 13.1. The Morgan fingerprint density at radius 2 is 0.808 bits per heavy atom. The minimum atomic E-state index is -1.83. The molecule has 3 fully saturated rings. The van der Waals surface area contributed by atoms with Crippen molar-refractivity contribution in [2.24, 2.45) is 0 Å². The summed E-state index contributed by atoms with van der Waals surface area (Å²) in [5.74, 6) is -2.46. The van der Waals surface area contributed by atoms with E-state index in [0.717, 1.165) is 24.3 Å². The molecule has 392 valence electrons. The van der Waals surface area contributed by atoms with Gasteiger partial charge in [0.15, 0.2) is 10.9 Å². The molecular weight excluding hydrogens is 977 g/mol. The molecule has 0 bridgehead atoms. The lowest BCUT2D eigenvalue weighted by molar-refractivity contribution is -0.277. The van der Waals surface area contributed by atoms with E-state index in [2.05, 4.69) is 0 Å². The van der Waals surface area contributed by atoms with E-state index in [0.29, 0.717) is 11.1 Å². The first-order chi connectivity index (χ1) is 34.7. The molecule has 12 unspecified atom stereocenters. The molecule has 0 spiro atoms. The van der Waals surface area contributed by atoms with Gasteiger partial charge in [0.1, 0.15) is 153 Å². The van der Waals surface area contributed by atoms with Gasteiger partial charge in [0.05, 0.1) is 30.9 Å². The van der Waals surface area contributed by atoms with Gasteiger partial charge in [-0.05, 0) is 48.5 Å². The third kappa shape index (κ3) is 9.88. The highest BCUT2D eigenvalue weighted by Crippen LogP contribution is 2.46. The fourth-order valence-electron chi connectivity index (χ4n) is 8.76. The Kier molecular flexibility index (Phi) is 15.3. The fourth-order valence-corrected chi connectivity index (χ4v) is 8.76. The van der Waals surface area contributed by atoms with E-state index < -0.39 is 157 Å². The molecule has 25 nitrogen and oxygen atoms in total. The van der Waals surface area contributed by atoms with Crippen LogP contribution in [0, 0.1) is 0 Å². The Morgan fingerprint density at radius 3 is 1.21 bits per heavy atom. The van der Waals surface area contributed by atoms with Crippen LogP contribution in [-0.2, 0) is 14.2 Å². The molecule has 73 heavy (non-hydrogen) atoms. The third-order valence-corrected chi connectivity index (χ3v) is 12.8. The number of fused-ring (bicyclic) bond motifs is 2. The van der Waals surface area contributed by atoms with E-state index in [4.69, 9.17) is 27.8 Å². The zero-order chi connectivity index (χ0) is 52.9. The van der Waals surface area contributed by atoms with Gasteiger partial charge in [-0.3, -0.25) is 9.59 Å². The van der Waals surface area contributed by atoms with E-state index in [-0.39, 0.29) is 45.0 Å². The Labute approximate surface area is 408 Å². The van der Waals surface area contributed by atoms with Crippen molar-refractivity contribution >= 4 is 21.9 Å². The average molecular weight is 1030 g/mol. The number of aliphatic hydroxyl groups excluding tert-OH is 12. The highest BCUT2D eigenvalue weighted by molar-refractivity contribution is 5.89. The zero-order valence-electron chi connectivity index (χ0n) is 37.6. The van der Waals surface area contributed by atoms with Crippen LogP contribution in [0.3, 0.4) is 0 Å². The number of rotatable bonds is 9. The van der Waals surface area contributed by atoms with Crippen LogP contribution in [0.25, 0.3) is 44.6 Å². The Balaban J connectivity index is 0.000000204. The molecule has 2 aromatic heterocycles. The Bertz CT molecular complexity index is 3040. The monoisotopic (exact) mass is 1030 g/mol. The van der Waals surface area contributed by atoms with Crippen molar-refractivity contribution in [1.82, 2.24) is 0 Å². The topological polar surface area (TPSA) is 441 Å². The minimum Gasteiger partial charge on any atom is -0.508 e. The summed E-state index contributed by atoms with van der Waals surface area (Å²) in [4.78, 5) is 25.8. The second kappa shape index (κ2) is 21.2. The van der Waals surface area contributed by atoms with Crippen LogP contribution in [0.4, 0.5) is 0 Å². The number of aliphatic hydroxyl groups is 12. The van der Waals surface area contributed by atoms with Gasteiger partial charge in [0.25, 0.3) is 0 Å². The summed E-state index contributed by atoms with van der Waals surface area (Å²) in [6.07, 6.45) is -23.5. The summed E-state index contributed by atoms with van der Waals surface area (Å²) < 4.78 is 33.1. The molecule has 3 saturated heterocycles. The maximum Gasteiger partial charge on any atom is 0.229 e. The second-order valence-corrected chi connectivity index (χ2v) is 17.4. The average Bonchev–Trinajstić information content (AvgIpc) is 3.36. The van der Waals surface area contributed by atoms with Crippen LogP contribution < -0.4 is 15.6 Å². The van der Waals surface area contributed by atoms with Gasteiger partial charge in [0, 0.05) is 35.4 Å². The summed E-state index contributed by atoms with van der Waals surface area (Å²) in [5.41, 5.74) is -1.81. The molecule has 6 aromatic rings. The quantitative estimate of drug-likeness (QED) is 0.0721. The molecule has 25 heteroatoms. The van der Waals surface area contributed by atoms with Gasteiger partial charge in [-0.25, -0.2) is 0 Å². The molecule has 0 radical (unpaired) electrons. The minimum absolute atomic E-state index is 0.0197. The van der Waals surface area contributed by atoms with Gasteiger partial charge in [0.2, 0.25) is 6.29 Å². The number of hydrogen-bond donors (Lipinski definition) is 17. The van der Waals surface area contributed by atoms with Gasteiger partial charge in [-0.1, -0.05) is 0 Å². The largest absolute Gasteiger partial charge is 0.508 e. The maximum atomic E-state index is 13.1. The third-order valence-electron chi connectivity index (χ3n) is 12.8. The van der Waals surface area contributed by atoms with Crippen LogP contribution in [0.1, 0.15) is 23.3 Å². The first-order valence-electron chi connectivity index (χ1n) is 22.2. The van der Waals surface area contributed by atoms with E-state index >= 15 is 0 Å². The van der Waals surface area contributed by atoms with Crippen molar-refractivity contribution in [3.8, 4) is 57.1 Å². The number of hydrogen-bond acceptors (Lipinski definition) is 25. The molecular formula is C48H50O25. The number of ether oxygens (including phenoxy) is 4. The standard InChI is InChI=1S/C27H30O15.C21H20O10/c28-7-15-19(32)22(35)24(37)26(41-15)18-12(31)6-14-17(21(18)34)11(30)5-13(40-14)9-1-3-10(4-2-9)39-27-25(38)23(36)20(33)16(8-29)42-27;22-7-14-17(26)19(28)20(29)21(31-14)16-11(25)6-13-15(18(16)27)10(24)5-12(30-13)8-1-3-9(23)4-2-8/h1-6,15-16,19-20,22-29,31-38H,7-8H2;1-6,14,17,19-23,25-29H,7H2/t;14?,17-,19+,20?,21+/m.1/s1. The number of phenolic OH excluding ortho intramolecular Hbond substituents is 5. The van der Waals surface area contributed by atoms with Crippen molar-refractivity contribution in [3.63, 3.8) is 0 Å². The molecule has 9 rings (SSSR count). The van der Waals surface area contributed by atoms with Crippen LogP contribution in [0.15, 0.2) is 91.2 Å². The summed E-state index contributed by atoms with van der Waals surface area (Å²) in [5, 5.41) is 171. The van der Waals surface area contributed by atoms with Gasteiger partial charge >= 0.3 is 0 Å². The van der Waals surface area contributed by atoms with E-state index in [1.54, 1.807) is 0 Å². The van der Waals surface area contributed by atoms with E-state index in [1.807, 2.05) is 0 Å². The number of benzene rings is 4. The molecule has 0 aliphatic carbocycles. The molecule has 5 heterocycles. The van der Waals surface area contributed by atoms with Crippen molar-refractivity contribution in [1.29, 1.82) is 0 Å². The SMILES string of the molecule is O=c1cc(-c2ccc(O)cc2)oc2cc(O)c([C@@H]3OC(CO)[C@@H](O)[C@H](O)C3O)c(O)c12.O=c1cc(-c2ccc(OC3OC(CO)C(O)C(O)C3O)cc2)oc2cc(O)c(C3OC(CO)C(O)C(O)C3O)c(O)c12. The lowest BCUT2D eigenvalue weighted by atomic mass is 9.89. The van der Waals surface area contributed by atoms with Gasteiger partial charge in [-0.2, -0.15) is 0 Å². The highest BCUT2D eigenvalue weighted by Gasteiger charge is 2.48. The van der Waals surface area contributed by atoms with Crippen molar-refractivity contribution in [3.05, 3.63) is 104 Å².